The van der Waals surface area contributed by atoms with E-state index in [0.717, 1.165) is 12.8 Å². The number of aliphatic carboxylic acids is 1. The van der Waals surface area contributed by atoms with Crippen molar-refractivity contribution in [3.8, 4) is 0 Å². The number of pyridine rings is 1. The number of aromatic nitrogens is 1. The highest BCUT2D eigenvalue weighted by molar-refractivity contribution is 5.89. The summed E-state index contributed by atoms with van der Waals surface area (Å²) in [6.07, 6.45) is 3.89. The average Bonchev–Trinajstić information content (AvgIpc) is 2.47. The number of carbonyl (C=O) groups excluding carboxylic acids is 1. The molecule has 0 spiro atoms. The van der Waals surface area contributed by atoms with Crippen LogP contribution in [0.4, 0.5) is 5.69 Å². The standard InChI is InChI=1S/C14H18N2O4/c1-14(13(18)19)6-3-4-8-16(14)10-5-7-15-11(9-10)12(17)20-2/h5,7,9H,3-4,6,8H2,1-2H3,(H,18,19). The highest BCUT2D eigenvalue weighted by Crippen LogP contribution is 2.33. The molecular weight excluding hydrogens is 260 g/mol. The molecule has 108 valence electrons. The molecule has 6 heteroatoms. The summed E-state index contributed by atoms with van der Waals surface area (Å²) in [6, 6.07) is 3.30. The van der Waals surface area contributed by atoms with Gasteiger partial charge in [0.05, 0.1) is 7.11 Å². The van der Waals surface area contributed by atoms with Crippen LogP contribution >= 0.6 is 0 Å². The van der Waals surface area contributed by atoms with Crippen LogP contribution in [0, 0.1) is 0 Å². The van der Waals surface area contributed by atoms with Crippen LogP contribution in [0.3, 0.4) is 0 Å². The Hall–Kier alpha value is -2.11. The molecule has 0 bridgehead atoms. The molecule has 0 aromatic carbocycles. The summed E-state index contributed by atoms with van der Waals surface area (Å²) in [7, 11) is 1.29. The largest absolute Gasteiger partial charge is 0.480 e. The third kappa shape index (κ3) is 2.45. The molecule has 0 saturated carbocycles. The molecule has 6 nitrogen and oxygen atoms in total. The summed E-state index contributed by atoms with van der Waals surface area (Å²) < 4.78 is 4.64. The molecule has 1 aromatic rings. The van der Waals surface area contributed by atoms with Crippen LogP contribution in [0.1, 0.15) is 36.7 Å². The van der Waals surface area contributed by atoms with Gasteiger partial charge < -0.3 is 14.7 Å². The molecule has 1 fully saturated rings. The quantitative estimate of drug-likeness (QED) is 0.848. The fraction of sp³-hybridized carbons (Fsp3) is 0.500. The number of anilines is 1. The van der Waals surface area contributed by atoms with Crippen molar-refractivity contribution in [1.29, 1.82) is 0 Å². The Morgan fingerprint density at radius 2 is 2.20 bits per heavy atom. The lowest BCUT2D eigenvalue weighted by molar-refractivity contribution is -0.143. The number of rotatable bonds is 3. The molecule has 1 saturated heterocycles. The van der Waals surface area contributed by atoms with E-state index in [4.69, 9.17) is 0 Å². The number of methoxy groups -OCH3 is 1. The summed E-state index contributed by atoms with van der Waals surface area (Å²) in [6.45, 7) is 2.36. The van der Waals surface area contributed by atoms with Gasteiger partial charge in [-0.1, -0.05) is 0 Å². The number of carboxylic acid groups (broad SMARTS) is 1. The van der Waals surface area contributed by atoms with Gasteiger partial charge in [-0.05, 0) is 38.3 Å². The van der Waals surface area contributed by atoms with E-state index in [1.165, 1.54) is 13.3 Å². The van der Waals surface area contributed by atoms with Gasteiger partial charge in [0.15, 0.2) is 0 Å². The number of hydrogen-bond donors (Lipinski definition) is 1. The second-order valence-corrected chi connectivity index (χ2v) is 5.08. The fourth-order valence-electron chi connectivity index (χ4n) is 2.56. The minimum absolute atomic E-state index is 0.184. The average molecular weight is 278 g/mol. The summed E-state index contributed by atoms with van der Waals surface area (Å²) in [4.78, 5) is 28.9. The number of hydrogen-bond acceptors (Lipinski definition) is 5. The molecule has 1 atom stereocenters. The van der Waals surface area contributed by atoms with E-state index >= 15 is 0 Å². The maximum Gasteiger partial charge on any atom is 0.356 e. The molecule has 0 radical (unpaired) electrons. The second-order valence-electron chi connectivity index (χ2n) is 5.08. The number of ether oxygens (including phenoxy) is 1. The van der Waals surface area contributed by atoms with Crippen LogP contribution in [-0.2, 0) is 9.53 Å². The molecule has 0 aliphatic carbocycles. The molecule has 20 heavy (non-hydrogen) atoms. The van der Waals surface area contributed by atoms with Crippen LogP contribution in [0.5, 0.6) is 0 Å². The van der Waals surface area contributed by atoms with E-state index in [0.29, 0.717) is 18.7 Å². The third-order valence-electron chi connectivity index (χ3n) is 3.80. The topological polar surface area (TPSA) is 79.7 Å². The van der Waals surface area contributed by atoms with Crippen molar-refractivity contribution in [1.82, 2.24) is 4.98 Å². The Kier molecular flexibility index (Phi) is 3.92. The maximum atomic E-state index is 11.6. The normalized spacial score (nSPS) is 22.4. The Bertz CT molecular complexity index is 532. The van der Waals surface area contributed by atoms with Gasteiger partial charge in [-0.15, -0.1) is 0 Å². The summed E-state index contributed by atoms with van der Waals surface area (Å²) >= 11 is 0. The molecule has 1 unspecified atom stereocenters. The van der Waals surface area contributed by atoms with Gasteiger partial charge in [-0.25, -0.2) is 14.6 Å². The number of carbonyl (C=O) groups is 2. The first kappa shape index (κ1) is 14.3. The van der Waals surface area contributed by atoms with E-state index in [9.17, 15) is 14.7 Å². The predicted octanol–water partition coefficient (Wildman–Crippen LogP) is 1.70. The molecule has 0 amide bonds. The minimum Gasteiger partial charge on any atom is -0.480 e. The number of carboxylic acids is 1. The Balaban J connectivity index is 2.38. The smallest absolute Gasteiger partial charge is 0.356 e. The lowest BCUT2D eigenvalue weighted by Crippen LogP contribution is -2.55. The van der Waals surface area contributed by atoms with Gasteiger partial charge >= 0.3 is 11.9 Å². The van der Waals surface area contributed by atoms with Crippen LogP contribution in [-0.4, -0.2) is 41.2 Å². The van der Waals surface area contributed by atoms with Crippen LogP contribution < -0.4 is 4.90 Å². The number of piperidine rings is 1. The zero-order valence-corrected chi connectivity index (χ0v) is 11.6. The molecule has 1 aliphatic rings. The molecule has 1 N–H and O–H groups in total. The lowest BCUT2D eigenvalue weighted by atomic mass is 9.88. The van der Waals surface area contributed by atoms with Crippen molar-refractivity contribution < 1.29 is 19.4 Å². The van der Waals surface area contributed by atoms with Crippen LogP contribution in [0.15, 0.2) is 18.3 Å². The van der Waals surface area contributed by atoms with Gasteiger partial charge in [-0.3, -0.25) is 0 Å². The van der Waals surface area contributed by atoms with Crippen molar-refractivity contribution in [3.63, 3.8) is 0 Å². The first-order valence-corrected chi connectivity index (χ1v) is 6.54. The zero-order valence-electron chi connectivity index (χ0n) is 11.6. The summed E-state index contributed by atoms with van der Waals surface area (Å²) in [5.41, 5.74) is -0.0826. The molecule has 1 aromatic heterocycles. The summed E-state index contributed by atoms with van der Waals surface area (Å²) in [5, 5.41) is 9.50. The van der Waals surface area contributed by atoms with Gasteiger partial charge in [0.1, 0.15) is 11.2 Å². The first-order chi connectivity index (χ1) is 9.49. The Morgan fingerprint density at radius 3 is 2.85 bits per heavy atom. The minimum atomic E-state index is -0.951. The van der Waals surface area contributed by atoms with E-state index < -0.39 is 17.5 Å². The van der Waals surface area contributed by atoms with Crippen LogP contribution in [0.2, 0.25) is 0 Å². The Labute approximate surface area is 117 Å². The second kappa shape index (κ2) is 5.48. The molecule has 1 aliphatic heterocycles. The van der Waals surface area contributed by atoms with E-state index in [-0.39, 0.29) is 5.69 Å². The number of esters is 1. The van der Waals surface area contributed by atoms with Gasteiger partial charge in [0, 0.05) is 18.4 Å². The zero-order chi connectivity index (χ0) is 14.8. The van der Waals surface area contributed by atoms with E-state index in [1.54, 1.807) is 19.1 Å². The lowest BCUT2D eigenvalue weighted by Gasteiger charge is -2.43. The fourth-order valence-corrected chi connectivity index (χ4v) is 2.56. The first-order valence-electron chi connectivity index (χ1n) is 6.54. The van der Waals surface area contributed by atoms with Gasteiger partial charge in [0.2, 0.25) is 0 Å². The maximum absolute atomic E-state index is 11.6. The SMILES string of the molecule is COC(=O)c1cc(N2CCCCC2(C)C(=O)O)ccn1. The third-order valence-corrected chi connectivity index (χ3v) is 3.80. The van der Waals surface area contributed by atoms with E-state index in [2.05, 4.69) is 9.72 Å². The highest BCUT2D eigenvalue weighted by atomic mass is 16.5. The van der Waals surface area contributed by atoms with Crippen molar-refractivity contribution in [3.05, 3.63) is 24.0 Å². The molecule has 2 rings (SSSR count). The van der Waals surface area contributed by atoms with Gasteiger partial charge in [-0.2, -0.15) is 0 Å². The van der Waals surface area contributed by atoms with Crippen molar-refractivity contribution in [2.24, 2.45) is 0 Å². The van der Waals surface area contributed by atoms with Gasteiger partial charge in [0.25, 0.3) is 0 Å². The summed E-state index contributed by atoms with van der Waals surface area (Å²) in [5.74, 6) is -1.38. The Morgan fingerprint density at radius 1 is 1.45 bits per heavy atom. The van der Waals surface area contributed by atoms with Crippen molar-refractivity contribution in [2.75, 3.05) is 18.6 Å². The van der Waals surface area contributed by atoms with Crippen molar-refractivity contribution in [2.45, 2.75) is 31.7 Å². The van der Waals surface area contributed by atoms with Crippen LogP contribution in [0.25, 0.3) is 0 Å². The monoisotopic (exact) mass is 278 g/mol. The predicted molar refractivity (Wildman–Crippen MR) is 72.8 cm³/mol. The van der Waals surface area contributed by atoms with Crippen molar-refractivity contribution >= 4 is 17.6 Å². The molecular formula is C14H18N2O4. The van der Waals surface area contributed by atoms with E-state index in [1.807, 2.05) is 4.90 Å². The highest BCUT2D eigenvalue weighted by Gasteiger charge is 2.41. The molecule has 2 heterocycles. The number of nitrogens with zero attached hydrogens (tertiary/aromatic N) is 2.